The summed E-state index contributed by atoms with van der Waals surface area (Å²) >= 11 is 1.35. The van der Waals surface area contributed by atoms with Crippen LogP contribution in [0.15, 0.2) is 60.7 Å². The lowest BCUT2D eigenvalue weighted by atomic mass is 9.88. The number of carbonyl (C=O) groups excluding carboxylic acids is 2. The highest BCUT2D eigenvalue weighted by molar-refractivity contribution is 7.20. The average Bonchev–Trinajstić information content (AvgIpc) is 3.68. The summed E-state index contributed by atoms with van der Waals surface area (Å²) < 4.78 is 5.41. The third-order valence-electron chi connectivity index (χ3n) is 7.35. The topological polar surface area (TPSA) is 99.3 Å². The Balaban J connectivity index is 1.17. The normalized spacial score (nSPS) is 17.1. The maximum absolute atomic E-state index is 13.3. The van der Waals surface area contributed by atoms with Crippen molar-refractivity contribution >= 4 is 44.9 Å². The molecule has 2 aromatic heterocycles. The van der Waals surface area contributed by atoms with Crippen molar-refractivity contribution < 1.29 is 14.3 Å². The van der Waals surface area contributed by atoms with E-state index in [-0.39, 0.29) is 17.4 Å². The van der Waals surface area contributed by atoms with E-state index in [0.717, 1.165) is 60.2 Å². The van der Waals surface area contributed by atoms with Crippen molar-refractivity contribution in [3.8, 4) is 0 Å². The van der Waals surface area contributed by atoms with Crippen LogP contribution in [-0.2, 0) is 10.3 Å². The monoisotopic (exact) mass is 515 g/mol. The van der Waals surface area contributed by atoms with Gasteiger partial charge in [-0.15, -0.1) is 11.3 Å². The van der Waals surface area contributed by atoms with Crippen molar-refractivity contribution in [2.45, 2.75) is 31.2 Å². The van der Waals surface area contributed by atoms with E-state index in [1.165, 1.54) is 11.3 Å². The van der Waals surface area contributed by atoms with Gasteiger partial charge in [-0.1, -0.05) is 43.2 Å². The molecule has 1 aliphatic carbocycles. The molecular weight excluding hydrogens is 486 g/mol. The first-order valence-electron chi connectivity index (χ1n) is 12.7. The van der Waals surface area contributed by atoms with Gasteiger partial charge < -0.3 is 20.3 Å². The largest absolute Gasteiger partial charge is 0.378 e. The fourth-order valence-electron chi connectivity index (χ4n) is 5.35. The SMILES string of the molecule is O=C(Nc1n[nH]c2sc(C(=O)NC3(c4ccccc4)CCCC3)cc12)c1ccc(N2CCOCC2)cc1. The van der Waals surface area contributed by atoms with Crippen LogP contribution in [0, 0.1) is 0 Å². The number of thiophene rings is 1. The van der Waals surface area contributed by atoms with Crippen molar-refractivity contribution in [1.29, 1.82) is 0 Å². The summed E-state index contributed by atoms with van der Waals surface area (Å²) in [5, 5.41) is 14.2. The Morgan fingerprint density at radius 2 is 1.70 bits per heavy atom. The molecule has 0 radical (unpaired) electrons. The highest BCUT2D eigenvalue weighted by Gasteiger charge is 2.37. The van der Waals surface area contributed by atoms with Crippen LogP contribution in [0.2, 0.25) is 0 Å². The molecule has 9 heteroatoms. The van der Waals surface area contributed by atoms with Gasteiger partial charge in [0.05, 0.1) is 29.0 Å². The first-order valence-corrected chi connectivity index (χ1v) is 13.5. The number of aromatic amines is 1. The van der Waals surface area contributed by atoms with E-state index < -0.39 is 0 Å². The number of amides is 2. The molecule has 0 bridgehead atoms. The van der Waals surface area contributed by atoms with Crippen LogP contribution in [0.5, 0.6) is 0 Å². The Bertz CT molecular complexity index is 1400. The molecule has 0 atom stereocenters. The third-order valence-corrected chi connectivity index (χ3v) is 8.39. The molecule has 2 fully saturated rings. The first-order chi connectivity index (χ1) is 18.1. The number of nitrogens with zero attached hydrogens (tertiary/aromatic N) is 2. The summed E-state index contributed by atoms with van der Waals surface area (Å²) in [7, 11) is 0. The summed E-state index contributed by atoms with van der Waals surface area (Å²) in [5.74, 6) is 0.0793. The second-order valence-electron chi connectivity index (χ2n) is 9.64. The van der Waals surface area contributed by atoms with Crippen LogP contribution in [0.25, 0.3) is 10.2 Å². The number of morpholine rings is 1. The molecule has 1 saturated carbocycles. The predicted octanol–water partition coefficient (Wildman–Crippen LogP) is 4.91. The number of benzene rings is 2. The number of rotatable bonds is 6. The number of fused-ring (bicyclic) bond motifs is 1. The summed E-state index contributed by atoms with van der Waals surface area (Å²) in [5.41, 5.74) is 2.44. The lowest BCUT2D eigenvalue weighted by Crippen LogP contribution is -2.43. The van der Waals surface area contributed by atoms with E-state index in [9.17, 15) is 9.59 Å². The summed E-state index contributed by atoms with van der Waals surface area (Å²) in [6, 6.07) is 19.6. The van der Waals surface area contributed by atoms with Gasteiger partial charge in [0.15, 0.2) is 5.82 Å². The maximum Gasteiger partial charge on any atom is 0.262 e. The molecule has 0 spiro atoms. The zero-order valence-corrected chi connectivity index (χ0v) is 21.3. The highest BCUT2D eigenvalue weighted by atomic mass is 32.1. The Morgan fingerprint density at radius 1 is 0.973 bits per heavy atom. The summed E-state index contributed by atoms with van der Waals surface area (Å²) in [4.78, 5) is 29.9. The fraction of sp³-hybridized carbons (Fsp3) is 0.321. The van der Waals surface area contributed by atoms with Gasteiger partial charge in [-0.3, -0.25) is 14.7 Å². The first kappa shape index (κ1) is 23.7. The second kappa shape index (κ2) is 9.99. The van der Waals surface area contributed by atoms with Crippen LogP contribution in [-0.4, -0.2) is 48.3 Å². The molecule has 3 heterocycles. The Morgan fingerprint density at radius 3 is 2.43 bits per heavy atom. The van der Waals surface area contributed by atoms with Crippen LogP contribution < -0.4 is 15.5 Å². The molecule has 8 nitrogen and oxygen atoms in total. The minimum atomic E-state index is -0.335. The van der Waals surface area contributed by atoms with Gasteiger partial charge >= 0.3 is 0 Å². The van der Waals surface area contributed by atoms with Gasteiger partial charge in [-0.2, -0.15) is 5.10 Å². The van der Waals surface area contributed by atoms with Crippen molar-refractivity contribution in [2.24, 2.45) is 0 Å². The molecule has 4 aromatic rings. The standard InChI is InChI=1S/C28H29N5O3S/c34-25(19-8-10-21(11-9-19)33-14-16-36-17-15-33)29-24-22-18-23(37-27(22)32-31-24)26(35)30-28(12-4-5-13-28)20-6-2-1-3-7-20/h1-3,6-11,18H,4-5,12-17H2,(H,30,35)(H2,29,31,32,34). The smallest absolute Gasteiger partial charge is 0.262 e. The van der Waals surface area contributed by atoms with Gasteiger partial charge in [-0.25, -0.2) is 0 Å². The van der Waals surface area contributed by atoms with Crippen LogP contribution >= 0.6 is 11.3 Å². The van der Waals surface area contributed by atoms with E-state index in [1.807, 2.05) is 48.5 Å². The van der Waals surface area contributed by atoms with Crippen molar-refractivity contribution in [3.05, 3.63) is 76.7 Å². The fourth-order valence-corrected chi connectivity index (χ4v) is 6.25. The van der Waals surface area contributed by atoms with Gasteiger partial charge in [0.1, 0.15) is 4.83 Å². The molecule has 1 aliphatic heterocycles. The maximum atomic E-state index is 13.3. The molecular formula is C28H29N5O3S. The number of ether oxygens (including phenoxy) is 1. The van der Waals surface area contributed by atoms with Gasteiger partial charge in [-0.05, 0) is 48.7 Å². The van der Waals surface area contributed by atoms with Crippen LogP contribution in [0.1, 0.15) is 51.3 Å². The minimum Gasteiger partial charge on any atom is -0.378 e. The number of hydrogen-bond acceptors (Lipinski definition) is 6. The van der Waals surface area contributed by atoms with E-state index in [2.05, 4.69) is 37.9 Å². The minimum absolute atomic E-state index is 0.101. The Kier molecular flexibility index (Phi) is 6.40. The number of anilines is 2. The van der Waals surface area contributed by atoms with Crippen LogP contribution in [0.3, 0.4) is 0 Å². The van der Waals surface area contributed by atoms with Crippen molar-refractivity contribution in [2.75, 3.05) is 36.5 Å². The molecule has 0 unspecified atom stereocenters. The molecule has 2 amide bonds. The molecule has 6 rings (SSSR count). The molecule has 1 saturated heterocycles. The van der Waals surface area contributed by atoms with E-state index in [1.54, 1.807) is 0 Å². The van der Waals surface area contributed by atoms with E-state index in [4.69, 9.17) is 4.74 Å². The molecule has 3 N–H and O–H groups in total. The van der Waals surface area contributed by atoms with Crippen molar-refractivity contribution in [3.63, 3.8) is 0 Å². The zero-order chi connectivity index (χ0) is 25.2. The van der Waals surface area contributed by atoms with Gasteiger partial charge in [0, 0.05) is 24.3 Å². The summed E-state index contributed by atoms with van der Waals surface area (Å²) in [6.45, 7) is 3.12. The van der Waals surface area contributed by atoms with E-state index in [0.29, 0.717) is 29.5 Å². The second-order valence-corrected chi connectivity index (χ2v) is 10.7. The number of nitrogens with one attached hydrogen (secondary N) is 3. The van der Waals surface area contributed by atoms with Crippen molar-refractivity contribution in [1.82, 2.24) is 15.5 Å². The quantitative estimate of drug-likeness (QED) is 0.339. The molecule has 2 aromatic carbocycles. The molecule has 37 heavy (non-hydrogen) atoms. The molecule has 190 valence electrons. The number of carbonyl (C=O) groups is 2. The number of H-pyrrole nitrogens is 1. The van der Waals surface area contributed by atoms with E-state index >= 15 is 0 Å². The van der Waals surface area contributed by atoms with Gasteiger partial charge in [0.2, 0.25) is 0 Å². The Hall–Kier alpha value is -3.69. The molecule has 2 aliphatic rings. The predicted molar refractivity (Wildman–Crippen MR) is 145 cm³/mol. The number of hydrogen-bond donors (Lipinski definition) is 3. The average molecular weight is 516 g/mol. The van der Waals surface area contributed by atoms with Crippen LogP contribution in [0.4, 0.5) is 11.5 Å². The highest BCUT2D eigenvalue weighted by Crippen LogP contribution is 2.39. The lowest BCUT2D eigenvalue weighted by molar-refractivity contribution is 0.0902. The lowest BCUT2D eigenvalue weighted by Gasteiger charge is -2.31. The third kappa shape index (κ3) is 4.72. The summed E-state index contributed by atoms with van der Waals surface area (Å²) in [6.07, 6.45) is 4.04. The number of aromatic nitrogens is 2. The van der Waals surface area contributed by atoms with Gasteiger partial charge in [0.25, 0.3) is 11.8 Å². The zero-order valence-electron chi connectivity index (χ0n) is 20.5. The Labute approximate surface area is 219 Å².